The van der Waals surface area contributed by atoms with Gasteiger partial charge in [0.15, 0.2) is 5.76 Å². The zero-order valence-electron chi connectivity index (χ0n) is 9.60. The summed E-state index contributed by atoms with van der Waals surface area (Å²) in [6.45, 7) is 0. The number of benzene rings is 1. The van der Waals surface area contributed by atoms with Crippen molar-refractivity contribution in [2.45, 2.75) is 4.83 Å². The van der Waals surface area contributed by atoms with E-state index in [0.29, 0.717) is 10.1 Å². The van der Waals surface area contributed by atoms with Crippen LogP contribution in [0.2, 0.25) is 0 Å². The quantitative estimate of drug-likeness (QED) is 0.507. The molecule has 0 aliphatic carbocycles. The van der Waals surface area contributed by atoms with Gasteiger partial charge in [-0.2, -0.15) is 19.0 Å². The molecule has 8 heteroatoms. The maximum atomic E-state index is 13.0. The van der Waals surface area contributed by atoms with Gasteiger partial charge < -0.3 is 5.11 Å². The molecule has 4 nitrogen and oxygen atoms in total. The van der Waals surface area contributed by atoms with Crippen molar-refractivity contribution >= 4 is 42.9 Å². The average Bonchev–Trinajstić information content (AvgIpc) is 2.38. The molecule has 0 radical (unpaired) electrons. The lowest BCUT2D eigenvalue weighted by molar-refractivity contribution is 0.102. The molecule has 2 rings (SSSR count). The molecule has 20 heavy (non-hydrogen) atoms. The van der Waals surface area contributed by atoms with Gasteiger partial charge in [-0.05, 0) is 28.1 Å². The van der Waals surface area contributed by atoms with Crippen LogP contribution in [0.4, 0.5) is 8.78 Å². The van der Waals surface area contributed by atoms with Crippen LogP contribution >= 0.6 is 27.3 Å². The lowest BCUT2D eigenvalue weighted by Gasteiger charge is -2.09. The van der Waals surface area contributed by atoms with Crippen molar-refractivity contribution in [3.63, 3.8) is 0 Å². The van der Waals surface area contributed by atoms with E-state index in [1.54, 1.807) is 24.3 Å². The van der Waals surface area contributed by atoms with Gasteiger partial charge in [0.25, 0.3) is 5.56 Å². The molecule has 0 aliphatic rings. The van der Waals surface area contributed by atoms with Gasteiger partial charge in [-0.25, -0.2) is 0 Å². The average molecular weight is 359 g/mol. The second-order valence-corrected chi connectivity index (χ2v) is 5.68. The lowest BCUT2D eigenvalue weighted by atomic mass is 10.2. The third kappa shape index (κ3) is 2.69. The molecule has 1 heterocycles. The van der Waals surface area contributed by atoms with Gasteiger partial charge >= 0.3 is 4.83 Å². The van der Waals surface area contributed by atoms with Crippen LogP contribution in [0.15, 0.2) is 34.8 Å². The van der Waals surface area contributed by atoms with E-state index < -0.39 is 21.7 Å². The molecular weight excluding hydrogens is 354 g/mol. The van der Waals surface area contributed by atoms with E-state index in [0.717, 1.165) is 11.3 Å². The van der Waals surface area contributed by atoms with Gasteiger partial charge in [-0.15, -0.1) is 11.3 Å². The number of aliphatic hydroxyl groups is 1. The summed E-state index contributed by atoms with van der Waals surface area (Å²) in [7, 11) is 0. The normalized spacial score (nSPS) is 12.9. The highest BCUT2D eigenvalue weighted by Gasteiger charge is 2.34. The third-order valence-corrected chi connectivity index (χ3v) is 3.80. The Morgan fingerprint density at radius 1 is 1.45 bits per heavy atom. The predicted octanol–water partition coefficient (Wildman–Crippen LogP) is 3.44. The number of hydrogen-bond donors (Lipinski definition) is 1. The molecule has 2 aromatic rings. The summed E-state index contributed by atoms with van der Waals surface area (Å²) in [5.41, 5.74) is -1.38. The molecule has 0 saturated heterocycles. The molecule has 1 N–H and O–H groups in total. The van der Waals surface area contributed by atoms with Crippen LogP contribution in [0, 0.1) is 11.3 Å². The summed E-state index contributed by atoms with van der Waals surface area (Å²) in [5, 5.41) is 18.4. The smallest absolute Gasteiger partial charge is 0.358 e. The van der Waals surface area contributed by atoms with Crippen LogP contribution < -0.4 is 5.56 Å². The van der Waals surface area contributed by atoms with E-state index in [-0.39, 0.29) is 5.01 Å². The van der Waals surface area contributed by atoms with Gasteiger partial charge in [-0.1, -0.05) is 12.1 Å². The molecule has 0 bridgehead atoms. The molecule has 0 aliphatic heterocycles. The van der Waals surface area contributed by atoms with Crippen LogP contribution in [-0.4, -0.2) is 14.9 Å². The van der Waals surface area contributed by atoms with E-state index in [4.69, 9.17) is 5.26 Å². The van der Waals surface area contributed by atoms with Gasteiger partial charge in [0.2, 0.25) is 0 Å². The maximum absolute atomic E-state index is 13.0. The SMILES string of the molecule is N#C/C(=C(/O)C(F)(F)Br)c1nc(=O)c2ccccc2s1. The van der Waals surface area contributed by atoms with Crippen molar-refractivity contribution < 1.29 is 13.9 Å². The zero-order chi connectivity index (χ0) is 14.9. The number of aromatic nitrogens is 1. The number of halogens is 3. The molecule has 0 fully saturated rings. The van der Waals surface area contributed by atoms with Crippen molar-refractivity contribution in [3.8, 4) is 6.07 Å². The van der Waals surface area contributed by atoms with Gasteiger partial charge in [0.1, 0.15) is 16.6 Å². The fourth-order valence-electron chi connectivity index (χ4n) is 1.46. The molecule has 0 saturated carbocycles. The maximum Gasteiger partial charge on any atom is 0.358 e. The Kier molecular flexibility index (Phi) is 3.83. The molecule has 0 unspecified atom stereocenters. The number of alkyl halides is 3. The summed E-state index contributed by atoms with van der Waals surface area (Å²) < 4.78 is 26.5. The number of rotatable bonds is 2. The number of aliphatic hydroxyl groups excluding tert-OH is 1. The van der Waals surface area contributed by atoms with Crippen molar-refractivity contribution in [1.82, 2.24) is 4.98 Å². The first-order valence-corrected chi connectivity index (χ1v) is 6.76. The molecule has 0 amide bonds. The Morgan fingerprint density at radius 3 is 2.70 bits per heavy atom. The summed E-state index contributed by atoms with van der Waals surface area (Å²) in [6.07, 6.45) is 0. The Labute approximate surface area is 123 Å². The standard InChI is InChI=1S/C12H5BrF2N2O2S/c13-12(14,15)9(18)7(5-16)11-17-10(19)6-3-1-2-4-8(6)20-11/h1-4,18H/b9-7-. The Balaban J connectivity index is 2.76. The van der Waals surface area contributed by atoms with E-state index in [1.807, 2.05) is 15.9 Å². The Hall–Kier alpha value is -1.85. The Morgan fingerprint density at radius 2 is 2.10 bits per heavy atom. The van der Waals surface area contributed by atoms with Crippen molar-refractivity contribution in [1.29, 1.82) is 5.26 Å². The summed E-state index contributed by atoms with van der Waals surface area (Å²) >= 11 is 2.83. The fraction of sp³-hybridized carbons (Fsp3) is 0.0833. The van der Waals surface area contributed by atoms with Crippen LogP contribution in [-0.2, 0) is 0 Å². The lowest BCUT2D eigenvalue weighted by Crippen LogP contribution is -2.13. The fourth-order valence-corrected chi connectivity index (χ4v) is 2.65. The number of fused-ring (bicyclic) bond motifs is 1. The number of nitriles is 1. The zero-order valence-corrected chi connectivity index (χ0v) is 12.0. The second kappa shape index (κ2) is 5.26. The van der Waals surface area contributed by atoms with E-state index in [2.05, 4.69) is 4.98 Å². The minimum absolute atomic E-state index is 0.257. The van der Waals surface area contributed by atoms with Crippen LogP contribution in [0.5, 0.6) is 0 Å². The highest BCUT2D eigenvalue weighted by atomic mass is 79.9. The highest BCUT2D eigenvalue weighted by molar-refractivity contribution is 9.10. The molecule has 0 atom stereocenters. The second-order valence-electron chi connectivity index (χ2n) is 3.65. The number of hydrogen-bond acceptors (Lipinski definition) is 5. The monoisotopic (exact) mass is 358 g/mol. The molecular formula is C12H5BrF2N2O2S. The number of nitrogens with zero attached hydrogens (tertiary/aromatic N) is 2. The van der Waals surface area contributed by atoms with E-state index in [9.17, 15) is 18.7 Å². The molecule has 1 aromatic carbocycles. The summed E-state index contributed by atoms with van der Waals surface area (Å²) in [6, 6.07) is 7.89. The van der Waals surface area contributed by atoms with Crippen molar-refractivity contribution in [3.05, 3.63) is 45.4 Å². The first-order valence-electron chi connectivity index (χ1n) is 5.15. The van der Waals surface area contributed by atoms with Gasteiger partial charge in [-0.3, -0.25) is 4.79 Å². The van der Waals surface area contributed by atoms with Crippen LogP contribution in [0.25, 0.3) is 15.7 Å². The largest absolute Gasteiger partial charge is 0.505 e. The first kappa shape index (κ1) is 14.6. The van der Waals surface area contributed by atoms with Gasteiger partial charge in [0.05, 0.1) is 5.39 Å². The minimum Gasteiger partial charge on any atom is -0.505 e. The first-order chi connectivity index (χ1) is 9.34. The van der Waals surface area contributed by atoms with Crippen LogP contribution in [0.1, 0.15) is 5.01 Å². The van der Waals surface area contributed by atoms with E-state index in [1.165, 1.54) is 6.07 Å². The molecule has 0 spiro atoms. The summed E-state index contributed by atoms with van der Waals surface area (Å²) in [4.78, 5) is 11.6. The van der Waals surface area contributed by atoms with Crippen molar-refractivity contribution in [2.24, 2.45) is 0 Å². The summed E-state index contributed by atoms with van der Waals surface area (Å²) in [5.74, 6) is -1.47. The van der Waals surface area contributed by atoms with Crippen LogP contribution in [0.3, 0.4) is 0 Å². The van der Waals surface area contributed by atoms with E-state index >= 15 is 0 Å². The topological polar surface area (TPSA) is 74.0 Å². The van der Waals surface area contributed by atoms with Gasteiger partial charge in [0, 0.05) is 4.70 Å². The highest BCUT2D eigenvalue weighted by Crippen LogP contribution is 2.35. The number of allylic oxidation sites excluding steroid dienone is 2. The van der Waals surface area contributed by atoms with Crippen molar-refractivity contribution in [2.75, 3.05) is 0 Å². The minimum atomic E-state index is -3.76. The molecule has 102 valence electrons. The third-order valence-electron chi connectivity index (χ3n) is 2.36. The predicted molar refractivity (Wildman–Crippen MR) is 74.9 cm³/mol. The Bertz CT molecular complexity index is 805. The molecule has 1 aromatic heterocycles.